The van der Waals surface area contributed by atoms with Gasteiger partial charge in [0.1, 0.15) is 0 Å². The maximum Gasteiger partial charge on any atom is 0.416 e. The Morgan fingerprint density at radius 1 is 1.19 bits per heavy atom. The second-order valence-corrected chi connectivity index (χ2v) is 8.74. The second-order valence-electron chi connectivity index (χ2n) is 8.34. The van der Waals surface area contributed by atoms with Crippen LogP contribution in [-0.4, -0.2) is 48.3 Å². The molecule has 1 aromatic heterocycles. The smallest absolute Gasteiger partial charge is 0.416 e. The molecule has 1 atom stereocenters. The van der Waals surface area contributed by atoms with Crippen molar-refractivity contribution in [1.29, 1.82) is 0 Å². The number of carbonyl (C=O) groups is 1. The number of rotatable bonds is 7. The van der Waals surface area contributed by atoms with Gasteiger partial charge in [-0.2, -0.15) is 18.2 Å². The Morgan fingerprint density at radius 3 is 2.69 bits per heavy atom. The van der Waals surface area contributed by atoms with Crippen molar-refractivity contribution in [3.05, 3.63) is 52.9 Å². The van der Waals surface area contributed by atoms with E-state index in [4.69, 9.17) is 25.6 Å². The highest BCUT2D eigenvalue weighted by atomic mass is 35.5. The summed E-state index contributed by atoms with van der Waals surface area (Å²) in [6.07, 6.45) is -3.21. The third-order valence-electron chi connectivity index (χ3n) is 5.90. The van der Waals surface area contributed by atoms with Crippen LogP contribution in [0.3, 0.4) is 0 Å². The lowest BCUT2D eigenvalue weighted by Gasteiger charge is -2.31. The molecule has 0 aliphatic carbocycles. The summed E-state index contributed by atoms with van der Waals surface area (Å²) >= 11 is 6.02. The zero-order valence-electron chi connectivity index (χ0n) is 19.6. The predicted octanol–water partition coefficient (Wildman–Crippen LogP) is 5.28. The Labute approximate surface area is 210 Å². The third-order valence-corrected chi connectivity index (χ3v) is 6.23. The number of ether oxygens (including phenoxy) is 2. The van der Waals surface area contributed by atoms with Crippen molar-refractivity contribution in [3.63, 3.8) is 0 Å². The summed E-state index contributed by atoms with van der Waals surface area (Å²) in [6, 6.07) is 8.12. The van der Waals surface area contributed by atoms with E-state index < -0.39 is 23.6 Å². The Kier molecular flexibility index (Phi) is 7.70. The third kappa shape index (κ3) is 5.90. The number of hydrogen-bond acceptors (Lipinski definition) is 7. The van der Waals surface area contributed by atoms with Crippen LogP contribution in [0.5, 0.6) is 11.5 Å². The minimum absolute atomic E-state index is 0.0394. The molecule has 1 amide bonds. The lowest BCUT2D eigenvalue weighted by Crippen LogP contribution is -2.40. The molecule has 1 saturated heterocycles. The van der Waals surface area contributed by atoms with Gasteiger partial charge in [-0.25, -0.2) is 0 Å². The van der Waals surface area contributed by atoms with Gasteiger partial charge in [-0.1, -0.05) is 16.8 Å². The van der Waals surface area contributed by atoms with Gasteiger partial charge >= 0.3 is 6.18 Å². The molecule has 12 heteroatoms. The fourth-order valence-electron chi connectivity index (χ4n) is 4.05. The van der Waals surface area contributed by atoms with Crippen LogP contribution in [0, 0.1) is 5.92 Å². The molecule has 1 unspecified atom stereocenters. The molecule has 0 saturated carbocycles. The van der Waals surface area contributed by atoms with Crippen molar-refractivity contribution in [1.82, 2.24) is 15.0 Å². The molecule has 8 nitrogen and oxygen atoms in total. The molecule has 1 N–H and O–H groups in total. The number of carbonyl (C=O) groups excluding carboxylic acids is 1. The number of aromatic nitrogens is 2. The zero-order valence-corrected chi connectivity index (χ0v) is 20.3. The first-order chi connectivity index (χ1) is 17.2. The molecule has 192 valence electrons. The van der Waals surface area contributed by atoms with Crippen LogP contribution in [0.2, 0.25) is 5.02 Å². The molecule has 2 heterocycles. The van der Waals surface area contributed by atoms with Crippen LogP contribution in [0.15, 0.2) is 40.9 Å². The summed E-state index contributed by atoms with van der Waals surface area (Å²) in [5, 5.41) is 6.63. The van der Waals surface area contributed by atoms with Gasteiger partial charge in [0, 0.05) is 12.1 Å². The molecular weight excluding hydrogens is 501 g/mol. The Bertz CT molecular complexity index is 1230. The van der Waals surface area contributed by atoms with Gasteiger partial charge in [-0.15, -0.1) is 0 Å². The molecule has 2 aromatic carbocycles. The largest absolute Gasteiger partial charge is 0.493 e. The number of nitrogens with one attached hydrogen (secondary N) is 1. The summed E-state index contributed by atoms with van der Waals surface area (Å²) in [7, 11) is 3.08. The van der Waals surface area contributed by atoms with Crippen molar-refractivity contribution in [2.75, 3.05) is 32.6 Å². The van der Waals surface area contributed by atoms with Gasteiger partial charge in [0.2, 0.25) is 17.6 Å². The number of nitrogens with zero attached hydrogens (tertiary/aromatic N) is 3. The number of likely N-dealkylation sites (tertiary alicyclic amines) is 1. The van der Waals surface area contributed by atoms with E-state index in [0.717, 1.165) is 24.6 Å². The molecule has 3 aromatic rings. The van der Waals surface area contributed by atoms with Gasteiger partial charge in [0.15, 0.2) is 11.5 Å². The summed E-state index contributed by atoms with van der Waals surface area (Å²) in [5.41, 5.74) is -0.254. The highest BCUT2D eigenvalue weighted by Gasteiger charge is 2.32. The molecule has 1 aliphatic rings. The van der Waals surface area contributed by atoms with Crippen LogP contribution in [0.4, 0.5) is 18.9 Å². The van der Waals surface area contributed by atoms with E-state index in [1.54, 1.807) is 25.3 Å². The van der Waals surface area contributed by atoms with E-state index in [-0.39, 0.29) is 10.7 Å². The number of halogens is 4. The van der Waals surface area contributed by atoms with Gasteiger partial charge < -0.3 is 19.3 Å². The van der Waals surface area contributed by atoms with Crippen molar-refractivity contribution in [2.45, 2.75) is 25.6 Å². The van der Waals surface area contributed by atoms with Gasteiger partial charge in [0.05, 0.1) is 43.0 Å². The van der Waals surface area contributed by atoms with Crippen LogP contribution >= 0.6 is 11.6 Å². The van der Waals surface area contributed by atoms with E-state index in [0.29, 0.717) is 54.8 Å². The minimum atomic E-state index is -4.54. The molecule has 1 aliphatic heterocycles. The normalized spacial score (nSPS) is 16.6. The van der Waals surface area contributed by atoms with E-state index in [2.05, 4.69) is 15.5 Å². The molecule has 0 bridgehead atoms. The number of alkyl halides is 3. The summed E-state index contributed by atoms with van der Waals surface area (Å²) in [4.78, 5) is 19.3. The average Bonchev–Trinajstić information content (AvgIpc) is 3.32. The summed E-state index contributed by atoms with van der Waals surface area (Å²) in [5.74, 6) is 1.05. The van der Waals surface area contributed by atoms with Crippen molar-refractivity contribution in [2.24, 2.45) is 5.92 Å². The summed E-state index contributed by atoms with van der Waals surface area (Å²) in [6.45, 7) is 1.42. The predicted molar refractivity (Wildman–Crippen MR) is 126 cm³/mol. The average molecular weight is 525 g/mol. The van der Waals surface area contributed by atoms with Gasteiger partial charge in [-0.3, -0.25) is 9.69 Å². The van der Waals surface area contributed by atoms with Crippen molar-refractivity contribution >= 4 is 23.2 Å². The first-order valence-corrected chi connectivity index (χ1v) is 11.5. The molecular formula is C24H24ClF3N4O4. The first kappa shape index (κ1) is 25.8. The lowest BCUT2D eigenvalue weighted by molar-refractivity contribution is -0.137. The first-order valence-electron chi connectivity index (χ1n) is 11.1. The SMILES string of the molecule is COc1ccc(-c2noc(CN3CCCC(C(=O)Nc4cc(C(F)(F)F)ccc4Cl)C3)n2)cc1OC. The number of amides is 1. The number of anilines is 1. The molecule has 1 fully saturated rings. The van der Waals surface area contributed by atoms with E-state index in [1.807, 2.05) is 4.90 Å². The van der Waals surface area contributed by atoms with E-state index >= 15 is 0 Å². The fraction of sp³-hybridized carbons (Fsp3) is 0.375. The standard InChI is InChI=1S/C24H24ClF3N4O4/c1-34-19-8-5-14(10-20(19)35-2)22-30-21(36-31-22)13-32-9-3-4-15(12-32)23(33)29-18-11-16(24(26,27)28)6-7-17(18)25/h5-8,10-11,15H,3-4,9,12-13H2,1-2H3,(H,29,33). The number of hydrogen-bond donors (Lipinski definition) is 1. The van der Waals surface area contributed by atoms with Crippen molar-refractivity contribution < 1.29 is 32.0 Å². The molecule has 0 spiro atoms. The van der Waals surface area contributed by atoms with E-state index in [1.165, 1.54) is 7.11 Å². The minimum Gasteiger partial charge on any atom is -0.493 e. The van der Waals surface area contributed by atoms with Crippen LogP contribution in [0.25, 0.3) is 11.4 Å². The van der Waals surface area contributed by atoms with Crippen LogP contribution in [-0.2, 0) is 17.5 Å². The quantitative estimate of drug-likeness (QED) is 0.450. The van der Waals surface area contributed by atoms with Crippen LogP contribution in [0.1, 0.15) is 24.3 Å². The van der Waals surface area contributed by atoms with E-state index in [9.17, 15) is 18.0 Å². The number of benzene rings is 2. The number of methoxy groups -OCH3 is 2. The highest BCUT2D eigenvalue weighted by Crippen LogP contribution is 2.34. The Morgan fingerprint density at radius 2 is 1.97 bits per heavy atom. The van der Waals surface area contributed by atoms with Crippen LogP contribution < -0.4 is 14.8 Å². The summed E-state index contributed by atoms with van der Waals surface area (Å²) < 4.78 is 55.1. The Balaban J connectivity index is 1.40. The zero-order chi connectivity index (χ0) is 25.9. The van der Waals surface area contributed by atoms with Gasteiger partial charge in [0.25, 0.3) is 0 Å². The monoisotopic (exact) mass is 524 g/mol. The molecule has 0 radical (unpaired) electrons. The topological polar surface area (TPSA) is 89.7 Å². The maximum atomic E-state index is 13.0. The molecule has 4 rings (SSSR count). The van der Waals surface area contributed by atoms with Gasteiger partial charge in [-0.05, 0) is 55.8 Å². The number of piperidine rings is 1. The van der Waals surface area contributed by atoms with Crippen molar-refractivity contribution in [3.8, 4) is 22.9 Å². The second kappa shape index (κ2) is 10.8. The molecule has 36 heavy (non-hydrogen) atoms. The fourth-order valence-corrected chi connectivity index (χ4v) is 4.21. The maximum absolute atomic E-state index is 13.0. The highest BCUT2D eigenvalue weighted by molar-refractivity contribution is 6.33. The Hall–Kier alpha value is -3.31. The lowest BCUT2D eigenvalue weighted by atomic mass is 9.97.